The van der Waals surface area contributed by atoms with E-state index in [4.69, 9.17) is 0 Å². The minimum Gasteiger partial charge on any atom is -0.370 e. The number of aromatic amines is 1. The summed E-state index contributed by atoms with van der Waals surface area (Å²) >= 11 is 0. The Morgan fingerprint density at radius 3 is 2.44 bits per heavy atom. The molecule has 0 radical (unpaired) electrons. The molecule has 102 valence electrons. The van der Waals surface area contributed by atoms with Crippen LogP contribution in [0.5, 0.6) is 0 Å². The molecule has 0 aromatic carbocycles. The van der Waals surface area contributed by atoms with Crippen molar-refractivity contribution in [2.75, 3.05) is 11.9 Å². The van der Waals surface area contributed by atoms with Crippen LogP contribution in [0.2, 0.25) is 0 Å². The van der Waals surface area contributed by atoms with Gasteiger partial charge in [-0.1, -0.05) is 51.9 Å². The molecular weight excluding hydrogens is 226 g/mol. The van der Waals surface area contributed by atoms with Gasteiger partial charge in [-0.05, 0) is 6.42 Å². The molecule has 0 atom stereocenters. The van der Waals surface area contributed by atoms with Gasteiger partial charge in [-0.15, -0.1) is 0 Å². The van der Waals surface area contributed by atoms with Gasteiger partial charge in [0.25, 0.3) is 5.56 Å². The number of nitrogens with one attached hydrogen (secondary N) is 2. The fourth-order valence-corrected chi connectivity index (χ4v) is 1.94. The third-order valence-electron chi connectivity index (χ3n) is 3.01. The van der Waals surface area contributed by atoms with Gasteiger partial charge in [0, 0.05) is 12.6 Å². The molecule has 0 aliphatic rings. The highest BCUT2D eigenvalue weighted by Crippen LogP contribution is 2.08. The van der Waals surface area contributed by atoms with E-state index >= 15 is 0 Å². The summed E-state index contributed by atoms with van der Waals surface area (Å²) in [4.78, 5) is 17.6. The second-order valence-corrected chi connectivity index (χ2v) is 4.70. The zero-order chi connectivity index (χ0) is 13.1. The number of aromatic nitrogens is 2. The third-order valence-corrected chi connectivity index (χ3v) is 3.01. The zero-order valence-corrected chi connectivity index (χ0v) is 11.4. The molecule has 0 spiro atoms. The van der Waals surface area contributed by atoms with Gasteiger partial charge < -0.3 is 10.3 Å². The summed E-state index contributed by atoms with van der Waals surface area (Å²) in [6.45, 7) is 3.14. The van der Waals surface area contributed by atoms with E-state index in [1.807, 2.05) is 0 Å². The van der Waals surface area contributed by atoms with E-state index < -0.39 is 0 Å². The normalized spacial score (nSPS) is 10.5. The summed E-state index contributed by atoms with van der Waals surface area (Å²) in [6, 6.07) is 1.49. The molecule has 2 N–H and O–H groups in total. The van der Waals surface area contributed by atoms with Gasteiger partial charge in [0.05, 0.1) is 6.33 Å². The van der Waals surface area contributed by atoms with E-state index in [0.29, 0.717) is 5.82 Å². The van der Waals surface area contributed by atoms with Crippen molar-refractivity contribution in [2.45, 2.75) is 58.3 Å². The molecule has 0 aliphatic carbocycles. The first-order valence-electron chi connectivity index (χ1n) is 7.11. The van der Waals surface area contributed by atoms with Crippen molar-refractivity contribution >= 4 is 5.82 Å². The standard InChI is InChI=1S/C14H25N3O/c1-2-3-4-5-6-7-8-9-10-15-13-11-14(18)17-12-16-13/h11-12H,2-10H2,1H3,(H2,15,16,17,18). The maximum atomic E-state index is 11.0. The number of rotatable bonds is 10. The largest absolute Gasteiger partial charge is 0.370 e. The number of hydrogen-bond donors (Lipinski definition) is 2. The number of hydrogen-bond acceptors (Lipinski definition) is 3. The van der Waals surface area contributed by atoms with Crippen LogP contribution in [-0.2, 0) is 0 Å². The Labute approximate surface area is 109 Å². The lowest BCUT2D eigenvalue weighted by atomic mass is 10.1. The molecule has 1 heterocycles. The fraction of sp³-hybridized carbons (Fsp3) is 0.714. The molecule has 18 heavy (non-hydrogen) atoms. The maximum absolute atomic E-state index is 11.0. The number of anilines is 1. The van der Waals surface area contributed by atoms with Gasteiger partial charge in [0.15, 0.2) is 0 Å². The molecule has 1 aromatic rings. The highest BCUT2D eigenvalue weighted by Gasteiger charge is 1.94. The molecule has 0 amide bonds. The minimum atomic E-state index is -0.108. The van der Waals surface area contributed by atoms with Crippen molar-refractivity contribution < 1.29 is 0 Å². The van der Waals surface area contributed by atoms with Gasteiger partial charge in [0.1, 0.15) is 5.82 Å². The second kappa shape index (κ2) is 9.68. The van der Waals surface area contributed by atoms with Crippen LogP contribution < -0.4 is 10.9 Å². The van der Waals surface area contributed by atoms with Crippen LogP contribution in [0.4, 0.5) is 5.82 Å². The van der Waals surface area contributed by atoms with Gasteiger partial charge in [-0.25, -0.2) is 4.98 Å². The van der Waals surface area contributed by atoms with Crippen molar-refractivity contribution in [3.05, 3.63) is 22.7 Å². The Balaban J connectivity index is 1.94. The van der Waals surface area contributed by atoms with Gasteiger partial charge in [-0.2, -0.15) is 0 Å². The molecule has 0 aliphatic heterocycles. The first kappa shape index (κ1) is 14.7. The number of nitrogens with zero attached hydrogens (tertiary/aromatic N) is 1. The highest BCUT2D eigenvalue weighted by atomic mass is 16.1. The molecule has 0 fully saturated rings. The summed E-state index contributed by atoms with van der Waals surface area (Å²) in [5.74, 6) is 0.668. The summed E-state index contributed by atoms with van der Waals surface area (Å²) in [7, 11) is 0. The smallest absolute Gasteiger partial charge is 0.252 e. The highest BCUT2D eigenvalue weighted by molar-refractivity contribution is 5.31. The lowest BCUT2D eigenvalue weighted by Gasteiger charge is -2.04. The minimum absolute atomic E-state index is 0.108. The van der Waals surface area contributed by atoms with E-state index in [2.05, 4.69) is 22.2 Å². The Morgan fingerprint density at radius 2 is 1.78 bits per heavy atom. The quantitative estimate of drug-likeness (QED) is 0.627. The Hall–Kier alpha value is -1.32. The van der Waals surface area contributed by atoms with E-state index in [9.17, 15) is 4.79 Å². The van der Waals surface area contributed by atoms with Crippen molar-refractivity contribution in [1.82, 2.24) is 9.97 Å². The Kier molecular flexibility index (Phi) is 7.93. The second-order valence-electron chi connectivity index (χ2n) is 4.70. The summed E-state index contributed by atoms with van der Waals surface area (Å²) in [5, 5.41) is 3.17. The van der Waals surface area contributed by atoms with Gasteiger partial charge in [0.2, 0.25) is 0 Å². The number of H-pyrrole nitrogens is 1. The first-order valence-corrected chi connectivity index (χ1v) is 7.11. The summed E-state index contributed by atoms with van der Waals surface area (Å²) in [5.41, 5.74) is -0.108. The van der Waals surface area contributed by atoms with Crippen LogP contribution in [0.3, 0.4) is 0 Å². The summed E-state index contributed by atoms with van der Waals surface area (Å²) in [6.07, 6.45) is 11.9. The molecule has 0 unspecified atom stereocenters. The van der Waals surface area contributed by atoms with Crippen molar-refractivity contribution in [3.8, 4) is 0 Å². The monoisotopic (exact) mass is 251 g/mol. The van der Waals surface area contributed by atoms with Crippen LogP contribution in [0.1, 0.15) is 58.3 Å². The molecule has 4 nitrogen and oxygen atoms in total. The van der Waals surface area contributed by atoms with Crippen molar-refractivity contribution in [2.24, 2.45) is 0 Å². The van der Waals surface area contributed by atoms with Crippen LogP contribution in [0.25, 0.3) is 0 Å². The van der Waals surface area contributed by atoms with Crippen molar-refractivity contribution in [1.29, 1.82) is 0 Å². The molecule has 0 bridgehead atoms. The summed E-state index contributed by atoms with van der Waals surface area (Å²) < 4.78 is 0. The number of unbranched alkanes of at least 4 members (excludes halogenated alkanes) is 7. The average Bonchev–Trinajstić information content (AvgIpc) is 2.37. The fourth-order valence-electron chi connectivity index (χ4n) is 1.94. The van der Waals surface area contributed by atoms with Crippen LogP contribution in [0, 0.1) is 0 Å². The molecule has 0 saturated carbocycles. The van der Waals surface area contributed by atoms with Crippen molar-refractivity contribution in [3.63, 3.8) is 0 Å². The Bertz CT molecular complexity index is 362. The van der Waals surface area contributed by atoms with Crippen LogP contribution >= 0.6 is 0 Å². The van der Waals surface area contributed by atoms with Gasteiger partial charge >= 0.3 is 0 Å². The lowest BCUT2D eigenvalue weighted by molar-refractivity contribution is 0.581. The molecular formula is C14H25N3O. The average molecular weight is 251 g/mol. The predicted molar refractivity (Wildman–Crippen MR) is 76.0 cm³/mol. The zero-order valence-electron chi connectivity index (χ0n) is 11.4. The topological polar surface area (TPSA) is 57.8 Å². The van der Waals surface area contributed by atoms with Crippen LogP contribution in [0.15, 0.2) is 17.2 Å². The third kappa shape index (κ3) is 7.09. The molecule has 1 rings (SSSR count). The van der Waals surface area contributed by atoms with Crippen LogP contribution in [-0.4, -0.2) is 16.5 Å². The molecule has 0 saturated heterocycles. The molecule has 1 aromatic heterocycles. The lowest BCUT2D eigenvalue weighted by Crippen LogP contribution is -2.09. The van der Waals surface area contributed by atoms with E-state index in [1.165, 1.54) is 57.3 Å². The van der Waals surface area contributed by atoms with E-state index in [1.54, 1.807) is 0 Å². The van der Waals surface area contributed by atoms with E-state index in [-0.39, 0.29) is 5.56 Å². The predicted octanol–water partition coefficient (Wildman–Crippen LogP) is 3.32. The van der Waals surface area contributed by atoms with E-state index in [0.717, 1.165) is 13.0 Å². The maximum Gasteiger partial charge on any atom is 0.252 e. The Morgan fingerprint density at radius 1 is 1.11 bits per heavy atom. The first-order chi connectivity index (χ1) is 8.83. The van der Waals surface area contributed by atoms with Gasteiger partial charge in [-0.3, -0.25) is 4.79 Å². The molecule has 4 heteroatoms. The SMILES string of the molecule is CCCCCCCCCCNc1cc(=O)[nH]cn1.